The van der Waals surface area contributed by atoms with Crippen LogP contribution in [0, 0.1) is 13.8 Å². The van der Waals surface area contributed by atoms with Crippen molar-refractivity contribution in [2.75, 3.05) is 19.8 Å². The van der Waals surface area contributed by atoms with Gasteiger partial charge >= 0.3 is 6.18 Å². The molecule has 6 heteroatoms. The number of nitrogens with one attached hydrogen (secondary N) is 1. The number of aryl methyl sites for hydroxylation is 2. The molecule has 3 nitrogen and oxygen atoms in total. The van der Waals surface area contributed by atoms with Gasteiger partial charge in [0.25, 0.3) is 0 Å². The summed E-state index contributed by atoms with van der Waals surface area (Å²) in [5, 5.41) is 3.04. The summed E-state index contributed by atoms with van der Waals surface area (Å²) in [6, 6.07) is 1.46. The lowest BCUT2D eigenvalue weighted by atomic mass is 10.2. The molecule has 18 heavy (non-hydrogen) atoms. The second kappa shape index (κ2) is 6.24. The quantitative estimate of drug-likeness (QED) is 0.858. The van der Waals surface area contributed by atoms with Crippen LogP contribution >= 0.6 is 0 Å². The van der Waals surface area contributed by atoms with Gasteiger partial charge in [-0.2, -0.15) is 13.2 Å². The Kier molecular flexibility index (Phi) is 5.22. The van der Waals surface area contributed by atoms with Gasteiger partial charge in [-0.1, -0.05) is 6.92 Å². The van der Waals surface area contributed by atoms with E-state index in [1.54, 1.807) is 0 Å². The van der Waals surface area contributed by atoms with E-state index in [9.17, 15) is 13.2 Å². The van der Waals surface area contributed by atoms with E-state index in [2.05, 4.69) is 10.1 Å². The van der Waals surface area contributed by atoms with Crippen LogP contribution in [0.25, 0.3) is 0 Å². The van der Waals surface area contributed by atoms with Gasteiger partial charge in [0.05, 0.1) is 12.6 Å². The van der Waals surface area contributed by atoms with Crippen LogP contribution in [0.5, 0.6) is 0 Å². The molecule has 0 aromatic carbocycles. The molecule has 0 aliphatic rings. The van der Waals surface area contributed by atoms with Gasteiger partial charge in [0.2, 0.25) is 0 Å². The third-order valence-electron chi connectivity index (χ3n) is 2.53. The van der Waals surface area contributed by atoms with Crippen molar-refractivity contribution < 1.29 is 22.3 Å². The Hall–Kier alpha value is -1.01. The minimum absolute atomic E-state index is 0.0697. The lowest BCUT2D eigenvalue weighted by molar-refractivity contribution is -0.175. The first kappa shape index (κ1) is 15.0. The Balaban J connectivity index is 2.60. The van der Waals surface area contributed by atoms with Crippen molar-refractivity contribution in [1.29, 1.82) is 0 Å². The number of hydrogen-bond acceptors (Lipinski definition) is 3. The predicted molar refractivity (Wildman–Crippen MR) is 61.5 cm³/mol. The average molecular weight is 265 g/mol. The van der Waals surface area contributed by atoms with Crippen LogP contribution in [0.1, 0.15) is 30.0 Å². The number of ether oxygens (including phenoxy) is 1. The van der Waals surface area contributed by atoms with Gasteiger partial charge in [0.15, 0.2) is 0 Å². The van der Waals surface area contributed by atoms with Gasteiger partial charge in [-0.25, -0.2) is 0 Å². The number of rotatable bonds is 6. The standard InChI is InChI=1S/C12H18F3NO2/c1-4-16-10(6-17-7-12(13,14)15)11-5-8(2)9(3)18-11/h5,10,16H,4,6-7H2,1-3H3. The zero-order valence-corrected chi connectivity index (χ0v) is 10.7. The zero-order valence-electron chi connectivity index (χ0n) is 10.7. The molecular formula is C12H18F3NO2. The summed E-state index contributed by atoms with van der Waals surface area (Å²) in [7, 11) is 0. The molecule has 0 radical (unpaired) electrons. The normalized spacial score (nSPS) is 13.9. The molecule has 1 aromatic rings. The molecule has 1 heterocycles. The van der Waals surface area contributed by atoms with E-state index in [1.165, 1.54) is 0 Å². The van der Waals surface area contributed by atoms with Crippen molar-refractivity contribution in [3.05, 3.63) is 23.2 Å². The van der Waals surface area contributed by atoms with Crippen molar-refractivity contribution in [3.8, 4) is 0 Å². The zero-order chi connectivity index (χ0) is 13.8. The topological polar surface area (TPSA) is 34.4 Å². The number of alkyl halides is 3. The number of likely N-dealkylation sites (N-methyl/N-ethyl adjacent to an activating group) is 1. The van der Waals surface area contributed by atoms with E-state index in [0.29, 0.717) is 12.3 Å². The molecule has 0 aliphatic carbocycles. The van der Waals surface area contributed by atoms with Crippen LogP contribution < -0.4 is 5.32 Å². The van der Waals surface area contributed by atoms with Crippen LogP contribution in [0.2, 0.25) is 0 Å². The van der Waals surface area contributed by atoms with Crippen molar-refractivity contribution >= 4 is 0 Å². The molecule has 0 spiro atoms. The monoisotopic (exact) mass is 265 g/mol. The maximum Gasteiger partial charge on any atom is 0.411 e. The smallest absolute Gasteiger partial charge is 0.411 e. The molecular weight excluding hydrogens is 247 g/mol. The first-order chi connectivity index (χ1) is 8.33. The number of halogens is 3. The lowest BCUT2D eigenvalue weighted by Gasteiger charge is -2.16. The molecule has 0 fully saturated rings. The summed E-state index contributed by atoms with van der Waals surface area (Å²) in [4.78, 5) is 0. The summed E-state index contributed by atoms with van der Waals surface area (Å²) >= 11 is 0. The largest absolute Gasteiger partial charge is 0.464 e. The van der Waals surface area contributed by atoms with Crippen molar-refractivity contribution in [2.24, 2.45) is 0 Å². The molecule has 1 atom stereocenters. The van der Waals surface area contributed by atoms with Crippen LogP contribution in [0.3, 0.4) is 0 Å². The van der Waals surface area contributed by atoms with E-state index < -0.39 is 12.8 Å². The fourth-order valence-corrected chi connectivity index (χ4v) is 1.55. The SMILES string of the molecule is CCNC(COCC(F)(F)F)c1cc(C)c(C)o1. The molecule has 0 saturated heterocycles. The fourth-order valence-electron chi connectivity index (χ4n) is 1.55. The molecule has 1 aromatic heterocycles. The molecule has 0 bridgehead atoms. The van der Waals surface area contributed by atoms with Gasteiger partial charge in [0, 0.05) is 0 Å². The van der Waals surface area contributed by atoms with Crippen LogP contribution in [-0.4, -0.2) is 25.9 Å². The summed E-state index contributed by atoms with van der Waals surface area (Å²) in [6.45, 7) is 4.89. The second-order valence-electron chi connectivity index (χ2n) is 4.13. The Bertz CT molecular complexity index is 354. The van der Waals surface area contributed by atoms with E-state index >= 15 is 0 Å². The van der Waals surface area contributed by atoms with Crippen molar-refractivity contribution in [1.82, 2.24) is 5.32 Å². The maximum atomic E-state index is 12.0. The Labute approximate surface area is 104 Å². The van der Waals surface area contributed by atoms with Crippen molar-refractivity contribution in [3.63, 3.8) is 0 Å². The lowest BCUT2D eigenvalue weighted by Crippen LogP contribution is -2.27. The second-order valence-corrected chi connectivity index (χ2v) is 4.13. The van der Waals surface area contributed by atoms with E-state index in [-0.39, 0.29) is 12.6 Å². The number of hydrogen-bond donors (Lipinski definition) is 1. The highest BCUT2D eigenvalue weighted by Crippen LogP contribution is 2.21. The minimum atomic E-state index is -4.30. The third-order valence-corrected chi connectivity index (χ3v) is 2.53. The van der Waals surface area contributed by atoms with E-state index in [4.69, 9.17) is 4.42 Å². The van der Waals surface area contributed by atoms with Crippen LogP contribution in [0.4, 0.5) is 13.2 Å². The predicted octanol–water partition coefficient (Wildman–Crippen LogP) is 3.13. The molecule has 104 valence electrons. The summed E-state index contributed by atoms with van der Waals surface area (Å²) in [6.07, 6.45) is -4.30. The highest BCUT2D eigenvalue weighted by atomic mass is 19.4. The summed E-state index contributed by atoms with van der Waals surface area (Å²) in [5.74, 6) is 1.37. The molecule has 0 aliphatic heterocycles. The number of furan rings is 1. The molecule has 1 unspecified atom stereocenters. The summed E-state index contributed by atoms with van der Waals surface area (Å²) < 4.78 is 46.1. The highest BCUT2D eigenvalue weighted by Gasteiger charge is 2.28. The van der Waals surface area contributed by atoms with Gasteiger partial charge < -0.3 is 14.5 Å². The maximum absolute atomic E-state index is 12.0. The van der Waals surface area contributed by atoms with Crippen molar-refractivity contribution in [2.45, 2.75) is 33.0 Å². The fraction of sp³-hybridized carbons (Fsp3) is 0.667. The average Bonchev–Trinajstić information content (AvgIpc) is 2.56. The van der Waals surface area contributed by atoms with Gasteiger partial charge in [-0.15, -0.1) is 0 Å². The van der Waals surface area contributed by atoms with Crippen LogP contribution in [0.15, 0.2) is 10.5 Å². The summed E-state index contributed by atoms with van der Waals surface area (Å²) in [5.41, 5.74) is 0.976. The third kappa shape index (κ3) is 4.70. The Morgan fingerprint density at radius 1 is 1.39 bits per heavy atom. The van der Waals surface area contributed by atoms with E-state index in [1.807, 2.05) is 26.8 Å². The van der Waals surface area contributed by atoms with Gasteiger partial charge in [0.1, 0.15) is 18.1 Å². The minimum Gasteiger partial charge on any atom is -0.464 e. The van der Waals surface area contributed by atoms with Crippen LogP contribution in [-0.2, 0) is 4.74 Å². The first-order valence-electron chi connectivity index (χ1n) is 5.78. The molecule has 1 rings (SSSR count). The first-order valence-corrected chi connectivity index (χ1v) is 5.78. The molecule has 0 saturated carbocycles. The Morgan fingerprint density at radius 3 is 2.50 bits per heavy atom. The Morgan fingerprint density at radius 2 is 2.06 bits per heavy atom. The molecule has 0 amide bonds. The van der Waals surface area contributed by atoms with Gasteiger partial charge in [-0.3, -0.25) is 0 Å². The highest BCUT2D eigenvalue weighted by molar-refractivity contribution is 5.20. The van der Waals surface area contributed by atoms with E-state index in [0.717, 1.165) is 11.3 Å². The molecule has 1 N–H and O–H groups in total. The van der Waals surface area contributed by atoms with Gasteiger partial charge in [-0.05, 0) is 32.0 Å².